The molecule has 88 valence electrons. The minimum absolute atomic E-state index is 0.154. The van der Waals surface area contributed by atoms with E-state index in [1.165, 1.54) is 0 Å². The van der Waals surface area contributed by atoms with Crippen molar-refractivity contribution >= 4 is 5.84 Å². The molecule has 1 saturated carbocycles. The van der Waals surface area contributed by atoms with Gasteiger partial charge in [0, 0.05) is 5.92 Å². The molecule has 1 spiro atoms. The summed E-state index contributed by atoms with van der Waals surface area (Å²) in [6, 6.07) is 4.31. The second-order valence-electron chi connectivity index (χ2n) is 4.88. The van der Waals surface area contributed by atoms with Gasteiger partial charge in [-0.1, -0.05) is 6.92 Å². The zero-order valence-electron chi connectivity index (χ0n) is 9.60. The van der Waals surface area contributed by atoms with Crippen molar-refractivity contribution < 1.29 is 9.47 Å². The Hall–Kier alpha value is -1.63. The van der Waals surface area contributed by atoms with Gasteiger partial charge in [0.25, 0.3) is 5.91 Å². The van der Waals surface area contributed by atoms with E-state index in [4.69, 9.17) is 15.2 Å². The Balaban J connectivity index is 2.18. The second kappa shape index (κ2) is 2.61. The van der Waals surface area contributed by atoms with Gasteiger partial charge in [0.15, 0.2) is 5.41 Å². The molecule has 2 fully saturated rings. The van der Waals surface area contributed by atoms with E-state index in [2.05, 4.69) is 17.1 Å². The zero-order valence-corrected chi connectivity index (χ0v) is 9.60. The van der Waals surface area contributed by atoms with Crippen LogP contribution < -0.4 is 5.73 Å². The van der Waals surface area contributed by atoms with Crippen molar-refractivity contribution in [3.8, 4) is 12.1 Å². The second-order valence-corrected chi connectivity index (χ2v) is 4.88. The number of amidine groups is 1. The molecule has 2 N–H and O–H groups in total. The van der Waals surface area contributed by atoms with Crippen LogP contribution in [0.1, 0.15) is 13.8 Å². The largest absolute Gasteiger partial charge is 0.386 e. The van der Waals surface area contributed by atoms with Gasteiger partial charge in [-0.25, -0.2) is 4.99 Å². The standard InChI is InChI=1S/C11H12N4O2/c1-6-3-16-11(17-6)10(5-13)7(2)9(10,4-12)8(14)15-11/h6-7H,3H2,1-2H3,(H2,14,15)/t6-,7+,9+,10+,11+/m0/s1. The number of fused-ring (bicyclic) bond motifs is 2. The van der Waals surface area contributed by atoms with Gasteiger partial charge in [-0.05, 0) is 6.92 Å². The van der Waals surface area contributed by atoms with Crippen LogP contribution in [0.15, 0.2) is 4.99 Å². The molecule has 0 aromatic rings. The summed E-state index contributed by atoms with van der Waals surface area (Å²) < 4.78 is 11.2. The van der Waals surface area contributed by atoms with E-state index < -0.39 is 16.7 Å². The molecule has 6 heteroatoms. The number of nitrogens with zero attached hydrogens (tertiary/aromatic N) is 3. The molecule has 0 unspecified atom stereocenters. The summed E-state index contributed by atoms with van der Waals surface area (Å²) in [5, 5.41) is 18.8. The third-order valence-corrected chi connectivity index (χ3v) is 4.24. The zero-order chi connectivity index (χ0) is 12.5. The fraction of sp³-hybridized carbons (Fsp3) is 0.727. The molecule has 2 aliphatic heterocycles. The van der Waals surface area contributed by atoms with E-state index in [1.807, 2.05) is 13.8 Å². The predicted molar refractivity (Wildman–Crippen MR) is 56.1 cm³/mol. The van der Waals surface area contributed by atoms with E-state index >= 15 is 0 Å². The first kappa shape index (κ1) is 10.5. The summed E-state index contributed by atoms with van der Waals surface area (Å²) in [6.45, 7) is 4.00. The molecule has 1 aliphatic carbocycles. The lowest BCUT2D eigenvalue weighted by Gasteiger charge is -2.25. The van der Waals surface area contributed by atoms with E-state index in [-0.39, 0.29) is 17.9 Å². The van der Waals surface area contributed by atoms with E-state index in [0.717, 1.165) is 0 Å². The number of aliphatic imine (C=N–C) groups is 1. The van der Waals surface area contributed by atoms with Crippen molar-refractivity contribution in [2.45, 2.75) is 25.9 Å². The number of nitriles is 2. The number of ether oxygens (including phenoxy) is 2. The summed E-state index contributed by atoms with van der Waals surface area (Å²) in [4.78, 5) is 4.14. The molecule has 0 aromatic carbocycles. The maximum absolute atomic E-state index is 9.47. The van der Waals surface area contributed by atoms with Gasteiger partial charge in [-0.15, -0.1) is 0 Å². The van der Waals surface area contributed by atoms with Crippen molar-refractivity contribution in [2.24, 2.45) is 27.5 Å². The van der Waals surface area contributed by atoms with Crippen LogP contribution in [0, 0.1) is 39.4 Å². The average Bonchev–Trinajstić information content (AvgIpc) is 2.54. The Morgan fingerprint density at radius 1 is 1.41 bits per heavy atom. The lowest BCUT2D eigenvalue weighted by atomic mass is 9.94. The van der Waals surface area contributed by atoms with Crippen molar-refractivity contribution in [1.29, 1.82) is 10.5 Å². The van der Waals surface area contributed by atoms with Crippen LogP contribution in [-0.4, -0.2) is 24.5 Å². The van der Waals surface area contributed by atoms with Crippen LogP contribution in [0.5, 0.6) is 0 Å². The van der Waals surface area contributed by atoms with E-state index in [0.29, 0.717) is 6.61 Å². The van der Waals surface area contributed by atoms with Gasteiger partial charge in [0.2, 0.25) is 0 Å². The van der Waals surface area contributed by atoms with Gasteiger partial charge < -0.3 is 15.2 Å². The van der Waals surface area contributed by atoms with Gasteiger partial charge in [-0.2, -0.15) is 10.5 Å². The first-order valence-corrected chi connectivity index (χ1v) is 5.51. The molecule has 0 aromatic heterocycles. The van der Waals surface area contributed by atoms with Gasteiger partial charge in [0.1, 0.15) is 11.3 Å². The smallest absolute Gasteiger partial charge is 0.293 e. The molecule has 5 atom stereocenters. The molecule has 1 saturated heterocycles. The molecular formula is C11H12N4O2. The van der Waals surface area contributed by atoms with Crippen molar-refractivity contribution in [2.75, 3.05) is 6.61 Å². The minimum Gasteiger partial charge on any atom is -0.386 e. The first-order chi connectivity index (χ1) is 8.00. The fourth-order valence-corrected chi connectivity index (χ4v) is 3.28. The highest BCUT2D eigenvalue weighted by Crippen LogP contribution is 2.78. The van der Waals surface area contributed by atoms with Crippen LogP contribution in [-0.2, 0) is 9.47 Å². The summed E-state index contributed by atoms with van der Waals surface area (Å²) in [6.07, 6.45) is -0.154. The highest BCUT2D eigenvalue weighted by atomic mass is 16.8. The van der Waals surface area contributed by atoms with E-state index in [9.17, 15) is 10.5 Å². The lowest BCUT2D eigenvalue weighted by Crippen LogP contribution is -2.39. The van der Waals surface area contributed by atoms with Crippen molar-refractivity contribution in [3.63, 3.8) is 0 Å². The fourth-order valence-electron chi connectivity index (χ4n) is 3.28. The molecule has 6 nitrogen and oxygen atoms in total. The topological polar surface area (TPSA) is 104 Å². The average molecular weight is 232 g/mol. The molecule has 0 radical (unpaired) electrons. The summed E-state index contributed by atoms with van der Waals surface area (Å²) in [7, 11) is 0. The van der Waals surface area contributed by atoms with Crippen LogP contribution in [0.3, 0.4) is 0 Å². The molecule has 0 bridgehead atoms. The van der Waals surface area contributed by atoms with Gasteiger partial charge in [0.05, 0.1) is 24.8 Å². The highest BCUT2D eigenvalue weighted by molar-refractivity contribution is 5.98. The summed E-state index contributed by atoms with van der Waals surface area (Å²) >= 11 is 0. The quantitative estimate of drug-likeness (QED) is 0.638. The minimum atomic E-state index is -1.37. The van der Waals surface area contributed by atoms with Crippen LogP contribution in [0.25, 0.3) is 0 Å². The first-order valence-electron chi connectivity index (χ1n) is 5.51. The highest BCUT2D eigenvalue weighted by Gasteiger charge is 2.92. The number of hydrogen-bond donors (Lipinski definition) is 1. The van der Waals surface area contributed by atoms with Gasteiger partial charge in [-0.3, -0.25) is 0 Å². The Bertz CT molecular complexity index is 519. The third-order valence-electron chi connectivity index (χ3n) is 4.24. The van der Waals surface area contributed by atoms with Crippen molar-refractivity contribution in [1.82, 2.24) is 0 Å². The maximum atomic E-state index is 9.47. The molecule has 2 heterocycles. The number of rotatable bonds is 0. The Morgan fingerprint density at radius 3 is 2.53 bits per heavy atom. The molecule has 0 amide bonds. The Morgan fingerprint density at radius 2 is 2.12 bits per heavy atom. The Labute approximate surface area is 98.6 Å². The van der Waals surface area contributed by atoms with Crippen LogP contribution in [0.4, 0.5) is 0 Å². The van der Waals surface area contributed by atoms with Gasteiger partial charge >= 0.3 is 0 Å². The normalized spacial score (nSPS) is 54.9. The van der Waals surface area contributed by atoms with Crippen LogP contribution >= 0.6 is 0 Å². The van der Waals surface area contributed by atoms with E-state index in [1.54, 1.807) is 0 Å². The molecule has 3 aliphatic rings. The number of hydrogen-bond acceptors (Lipinski definition) is 6. The maximum Gasteiger partial charge on any atom is 0.293 e. The molecule has 3 rings (SSSR count). The summed E-state index contributed by atoms with van der Waals surface area (Å²) in [5.74, 6) is -1.45. The van der Waals surface area contributed by atoms with Crippen molar-refractivity contribution in [3.05, 3.63) is 0 Å². The lowest BCUT2D eigenvalue weighted by molar-refractivity contribution is -0.194. The summed E-state index contributed by atoms with van der Waals surface area (Å²) in [5.41, 5.74) is 3.69. The third kappa shape index (κ3) is 0.744. The number of nitrogens with two attached hydrogens (primary N) is 1. The SMILES string of the molecule is C[C@H]1CO[C@@]2(N=C(N)[C@@]3(C#N)[C@@H](C)[C@@]23C#N)O1. The van der Waals surface area contributed by atoms with Crippen LogP contribution in [0.2, 0.25) is 0 Å². The Kier molecular flexibility index (Phi) is 1.62. The monoisotopic (exact) mass is 232 g/mol. The molecule has 17 heavy (non-hydrogen) atoms. The molecular weight excluding hydrogens is 220 g/mol. The predicted octanol–water partition coefficient (Wildman–Crippen LogP) is 0.116.